The van der Waals surface area contributed by atoms with Gasteiger partial charge < -0.3 is 9.47 Å². The minimum atomic E-state index is -0.528. The van der Waals surface area contributed by atoms with Gasteiger partial charge in [-0.1, -0.05) is 200 Å². The molecule has 0 fully saturated rings. The molecule has 2 heteroatoms. The average molecular weight is 891 g/mol. The lowest BCUT2D eigenvalue weighted by Gasteiger charge is -2.49. The number of allylic oxidation sites excluding steroid dienone is 6. The number of hydrogen-bond donors (Lipinski definition) is 0. The predicted octanol–water partition coefficient (Wildman–Crippen LogP) is 16.2. The monoisotopic (exact) mass is 890 g/mol. The second-order valence-electron chi connectivity index (χ2n) is 20.1. The molecule has 6 aliphatic rings. The summed E-state index contributed by atoms with van der Waals surface area (Å²) in [5.74, 6) is 0.171. The summed E-state index contributed by atoms with van der Waals surface area (Å²) in [4.78, 5) is 2.68. The lowest BCUT2D eigenvalue weighted by Crippen LogP contribution is -2.44. The molecule has 0 saturated heterocycles. The SMILES string of the molecule is C1=CC2=C(CC1)C1(c3ccccc32)c2ccccc2C2(c3ccccc3-c3c(N4c5ccccc5C5C=C(c6ccc7c(c6)c6ccccc6n7-c6ccccc6)C=CC54)cccc32)c2ccccc21. The number of hydrogen-bond acceptors (Lipinski definition) is 1. The molecule has 9 aromatic carbocycles. The van der Waals surface area contributed by atoms with Crippen LogP contribution in [-0.2, 0) is 10.8 Å². The minimum absolute atomic E-state index is 0.106. The van der Waals surface area contributed by atoms with Crippen molar-refractivity contribution in [2.75, 3.05) is 4.90 Å². The minimum Gasteiger partial charge on any atom is -0.333 e. The molecule has 16 rings (SSSR count). The average Bonchev–Trinajstić information content (AvgIpc) is 4.13. The van der Waals surface area contributed by atoms with E-state index in [9.17, 15) is 0 Å². The molecular formula is C68H46N2. The van der Waals surface area contributed by atoms with Crippen LogP contribution in [0.1, 0.15) is 74.4 Å². The summed E-state index contributed by atoms with van der Waals surface area (Å²) >= 11 is 0. The summed E-state index contributed by atoms with van der Waals surface area (Å²) in [6, 6.07) is 80.8. The van der Waals surface area contributed by atoms with Gasteiger partial charge in [0.2, 0.25) is 0 Å². The number of fused-ring (bicyclic) bond motifs is 21. The van der Waals surface area contributed by atoms with Crippen molar-refractivity contribution < 1.29 is 0 Å². The Kier molecular flexibility index (Phi) is 7.73. The Hall–Kier alpha value is -8.46. The molecule has 10 aromatic rings. The number of aromatic nitrogens is 1. The lowest BCUT2D eigenvalue weighted by atomic mass is 9.51. The van der Waals surface area contributed by atoms with Crippen LogP contribution in [-0.4, -0.2) is 10.6 Å². The fraction of sp³-hybridized carbons (Fsp3) is 0.0882. The molecule has 0 N–H and O–H groups in total. The van der Waals surface area contributed by atoms with Crippen molar-refractivity contribution >= 4 is 44.3 Å². The molecule has 328 valence electrons. The van der Waals surface area contributed by atoms with E-state index in [-0.39, 0.29) is 17.4 Å². The van der Waals surface area contributed by atoms with Crippen molar-refractivity contribution in [3.05, 3.63) is 304 Å². The van der Waals surface area contributed by atoms with Crippen LogP contribution in [0, 0.1) is 0 Å². The summed E-state index contributed by atoms with van der Waals surface area (Å²) in [5, 5.41) is 2.55. The van der Waals surface area contributed by atoms with Crippen molar-refractivity contribution in [1.29, 1.82) is 0 Å². The van der Waals surface area contributed by atoms with Crippen LogP contribution < -0.4 is 4.90 Å². The van der Waals surface area contributed by atoms with Crippen molar-refractivity contribution in [2.45, 2.75) is 35.6 Å². The highest BCUT2D eigenvalue weighted by molar-refractivity contribution is 6.10. The Morgan fingerprint density at radius 1 is 0.457 bits per heavy atom. The van der Waals surface area contributed by atoms with Crippen molar-refractivity contribution in [3.8, 4) is 16.8 Å². The maximum Gasteiger partial charge on any atom is 0.0720 e. The second kappa shape index (κ2) is 14.1. The molecule has 2 nitrogen and oxygen atoms in total. The largest absolute Gasteiger partial charge is 0.333 e. The zero-order valence-corrected chi connectivity index (χ0v) is 38.6. The maximum atomic E-state index is 2.68. The van der Waals surface area contributed by atoms with Crippen molar-refractivity contribution in [2.24, 2.45) is 0 Å². The first-order valence-electron chi connectivity index (χ1n) is 25.1. The van der Waals surface area contributed by atoms with Crippen molar-refractivity contribution in [1.82, 2.24) is 4.57 Å². The van der Waals surface area contributed by atoms with Gasteiger partial charge in [0.1, 0.15) is 0 Å². The molecule has 2 heterocycles. The van der Waals surface area contributed by atoms with Crippen molar-refractivity contribution in [3.63, 3.8) is 0 Å². The van der Waals surface area contributed by atoms with Gasteiger partial charge in [0, 0.05) is 39.3 Å². The summed E-state index contributed by atoms with van der Waals surface area (Å²) in [7, 11) is 0. The van der Waals surface area contributed by atoms with Gasteiger partial charge in [-0.2, -0.15) is 0 Å². The lowest BCUT2D eigenvalue weighted by molar-refractivity contribution is 0.605. The van der Waals surface area contributed by atoms with Gasteiger partial charge in [-0.05, 0) is 133 Å². The Bertz CT molecular complexity index is 3990. The summed E-state index contributed by atoms with van der Waals surface area (Å²) in [6.07, 6.45) is 14.3. The zero-order chi connectivity index (χ0) is 45.7. The molecule has 2 spiro atoms. The molecule has 0 amide bonds. The number of anilines is 2. The normalized spacial score (nSPS) is 21.6. The van der Waals surface area contributed by atoms with E-state index >= 15 is 0 Å². The molecule has 5 aliphatic carbocycles. The van der Waals surface area contributed by atoms with E-state index in [0.717, 1.165) is 12.8 Å². The van der Waals surface area contributed by atoms with Gasteiger partial charge >= 0.3 is 0 Å². The summed E-state index contributed by atoms with van der Waals surface area (Å²) in [5.41, 5.74) is 25.9. The summed E-state index contributed by atoms with van der Waals surface area (Å²) in [6.45, 7) is 0. The fourth-order valence-electron chi connectivity index (χ4n) is 14.6. The fourth-order valence-corrected chi connectivity index (χ4v) is 14.6. The Morgan fingerprint density at radius 2 is 1.07 bits per heavy atom. The highest BCUT2D eigenvalue weighted by atomic mass is 15.2. The van der Waals surface area contributed by atoms with E-state index in [4.69, 9.17) is 0 Å². The van der Waals surface area contributed by atoms with Gasteiger partial charge in [-0.3, -0.25) is 0 Å². The highest BCUT2D eigenvalue weighted by Crippen LogP contribution is 2.69. The van der Waals surface area contributed by atoms with E-state index in [1.807, 2.05) is 0 Å². The third kappa shape index (κ3) is 4.69. The number of rotatable bonds is 3. The molecule has 0 saturated carbocycles. The van der Waals surface area contributed by atoms with Gasteiger partial charge in [-0.25, -0.2) is 0 Å². The molecule has 0 radical (unpaired) electrons. The smallest absolute Gasteiger partial charge is 0.0720 e. The second-order valence-corrected chi connectivity index (χ2v) is 20.1. The number of para-hydroxylation sites is 3. The predicted molar refractivity (Wildman–Crippen MR) is 288 cm³/mol. The summed E-state index contributed by atoms with van der Waals surface area (Å²) < 4.78 is 2.40. The highest BCUT2D eigenvalue weighted by Gasteiger charge is 2.60. The quantitative estimate of drug-likeness (QED) is 0.172. The van der Waals surface area contributed by atoms with E-state index in [2.05, 4.69) is 252 Å². The standard InChI is InChI=1S/C68H46N2/c1-2-19-45(20-3-1)69-61-34-16-7-23-48(61)51-41-43(37-39-63(51)69)44-38-40-64-52(42-44)49-24-8-17-35-62(49)70(64)65-36-18-33-60-66(65)50-25-6-11-28-55(50)68(60)58-31-14-12-29-56(58)67(57-30-13-15-32-59(57)68)53-26-9-4-21-46(53)47-22-5-10-27-54(47)67/h1-9,11-26,28-42,52,64H,10,27H2. The third-order valence-corrected chi connectivity index (χ3v) is 17.1. The van der Waals surface area contributed by atoms with Crippen LogP contribution in [0.25, 0.3) is 49.8 Å². The van der Waals surface area contributed by atoms with E-state index in [1.54, 1.807) is 5.57 Å². The molecular weight excluding hydrogens is 845 g/mol. The van der Waals surface area contributed by atoms with Crippen LogP contribution in [0.3, 0.4) is 0 Å². The maximum absolute atomic E-state index is 2.68. The van der Waals surface area contributed by atoms with E-state index in [1.165, 1.54) is 117 Å². The number of nitrogens with zero attached hydrogens (tertiary/aromatic N) is 2. The molecule has 2 atom stereocenters. The van der Waals surface area contributed by atoms with Crippen LogP contribution in [0.15, 0.2) is 248 Å². The van der Waals surface area contributed by atoms with Crippen LogP contribution in [0.2, 0.25) is 0 Å². The molecule has 1 aliphatic heterocycles. The van der Waals surface area contributed by atoms with Crippen LogP contribution in [0.5, 0.6) is 0 Å². The van der Waals surface area contributed by atoms with Gasteiger partial charge in [0.05, 0.1) is 27.9 Å². The van der Waals surface area contributed by atoms with Gasteiger partial charge in [0.25, 0.3) is 0 Å². The van der Waals surface area contributed by atoms with E-state index in [0.29, 0.717) is 0 Å². The van der Waals surface area contributed by atoms with Gasteiger partial charge in [-0.15, -0.1) is 0 Å². The topological polar surface area (TPSA) is 8.17 Å². The van der Waals surface area contributed by atoms with Crippen LogP contribution in [0.4, 0.5) is 11.4 Å². The Labute approximate surface area is 408 Å². The Balaban J connectivity index is 0.880. The molecule has 0 bridgehead atoms. The first kappa shape index (κ1) is 38.5. The molecule has 70 heavy (non-hydrogen) atoms. The molecule has 2 unspecified atom stereocenters. The number of benzene rings is 9. The third-order valence-electron chi connectivity index (χ3n) is 17.1. The Morgan fingerprint density at radius 3 is 1.87 bits per heavy atom. The van der Waals surface area contributed by atoms with Crippen LogP contribution >= 0.6 is 0 Å². The van der Waals surface area contributed by atoms with E-state index < -0.39 is 5.41 Å². The first-order chi connectivity index (χ1) is 34.8. The van der Waals surface area contributed by atoms with Gasteiger partial charge in [0.15, 0.2) is 0 Å². The molecule has 1 aromatic heterocycles. The first-order valence-corrected chi connectivity index (χ1v) is 25.1. The zero-order valence-electron chi connectivity index (χ0n) is 38.6.